The van der Waals surface area contributed by atoms with E-state index in [1.165, 1.54) is 0 Å². The summed E-state index contributed by atoms with van der Waals surface area (Å²) < 4.78 is 0. The van der Waals surface area contributed by atoms with E-state index in [9.17, 15) is 9.59 Å². The molecule has 2 fully saturated rings. The van der Waals surface area contributed by atoms with Crippen LogP contribution < -0.4 is 5.32 Å². The Balaban J connectivity index is 1.26. The van der Waals surface area contributed by atoms with E-state index >= 15 is 0 Å². The molecule has 7 heteroatoms. The molecule has 2 saturated heterocycles. The van der Waals surface area contributed by atoms with Crippen LogP contribution in [0.5, 0.6) is 0 Å². The van der Waals surface area contributed by atoms with E-state index in [1.807, 2.05) is 52.4 Å². The predicted molar refractivity (Wildman–Crippen MR) is 135 cm³/mol. The number of carbonyl (C=O) groups excluding carboxylic acids is 2. The van der Waals surface area contributed by atoms with Gasteiger partial charge in [-0.3, -0.25) is 4.79 Å². The van der Waals surface area contributed by atoms with Crippen molar-refractivity contribution >= 4 is 34.4 Å². The monoisotopic (exact) mass is 478 g/mol. The van der Waals surface area contributed by atoms with Crippen LogP contribution >= 0.6 is 11.6 Å². The Bertz CT molecular complexity index is 1160. The molecule has 0 spiro atoms. The number of piperidine rings is 1. The van der Waals surface area contributed by atoms with Crippen LogP contribution in [0, 0.1) is 5.92 Å². The molecule has 34 heavy (non-hydrogen) atoms. The summed E-state index contributed by atoms with van der Waals surface area (Å²) in [6.45, 7) is 3.47. The third-order valence-electron chi connectivity index (χ3n) is 7.27. The van der Waals surface area contributed by atoms with Crippen LogP contribution in [-0.4, -0.2) is 59.4 Å². The molecule has 0 bridgehead atoms. The number of halogens is 1. The summed E-state index contributed by atoms with van der Waals surface area (Å²) >= 11 is 6.59. The van der Waals surface area contributed by atoms with Crippen molar-refractivity contribution in [3.63, 3.8) is 0 Å². The zero-order valence-electron chi connectivity index (χ0n) is 19.3. The Morgan fingerprint density at radius 2 is 1.62 bits per heavy atom. The number of aromatic amines is 1. The van der Waals surface area contributed by atoms with Crippen molar-refractivity contribution in [1.29, 1.82) is 0 Å². The number of hydrogen-bond acceptors (Lipinski definition) is 2. The molecule has 2 aromatic carbocycles. The van der Waals surface area contributed by atoms with E-state index in [-0.39, 0.29) is 23.8 Å². The number of nitrogens with one attached hydrogen (secondary N) is 2. The number of para-hydroxylation sites is 1. The second-order valence-corrected chi connectivity index (χ2v) is 9.75. The Kier molecular flexibility index (Phi) is 6.77. The summed E-state index contributed by atoms with van der Waals surface area (Å²) in [5.41, 5.74) is 3.19. The molecule has 0 saturated carbocycles. The SMILES string of the molecule is O=C(NCC(c1ccccc1Cl)c1c[nH]c2ccccc12)C1CCN(C(=O)N2CCCC2)CC1. The van der Waals surface area contributed by atoms with E-state index in [1.54, 1.807) is 0 Å². The van der Waals surface area contributed by atoms with E-state index in [0.29, 0.717) is 37.5 Å². The fourth-order valence-electron chi connectivity index (χ4n) is 5.32. The van der Waals surface area contributed by atoms with Crippen LogP contribution in [0.25, 0.3) is 10.9 Å². The van der Waals surface area contributed by atoms with Gasteiger partial charge in [0.1, 0.15) is 0 Å². The maximum absolute atomic E-state index is 13.1. The van der Waals surface area contributed by atoms with Gasteiger partial charge in [0.15, 0.2) is 0 Å². The number of benzene rings is 2. The van der Waals surface area contributed by atoms with Gasteiger partial charge in [-0.25, -0.2) is 4.79 Å². The van der Waals surface area contributed by atoms with Crippen molar-refractivity contribution in [1.82, 2.24) is 20.1 Å². The van der Waals surface area contributed by atoms with Crippen LogP contribution in [0.1, 0.15) is 42.7 Å². The van der Waals surface area contributed by atoms with Crippen molar-refractivity contribution in [2.45, 2.75) is 31.6 Å². The summed E-state index contributed by atoms with van der Waals surface area (Å²) in [4.78, 5) is 33.0. The Labute approximate surface area is 205 Å². The second-order valence-electron chi connectivity index (χ2n) is 9.35. The van der Waals surface area contributed by atoms with Gasteiger partial charge < -0.3 is 20.1 Å². The lowest BCUT2D eigenvalue weighted by atomic mass is 9.90. The average Bonchev–Trinajstić information content (AvgIpc) is 3.56. The standard InChI is InChI=1S/C27H31ClN4O2/c28-24-9-3-1-7-20(24)22(23-17-29-25-10-4-2-8-21(23)25)18-30-26(33)19-11-15-32(16-12-19)27(34)31-13-5-6-14-31/h1-4,7-10,17,19,22,29H,5-6,11-16,18H2,(H,30,33). The molecule has 5 rings (SSSR count). The third kappa shape index (κ3) is 4.64. The van der Waals surface area contributed by atoms with E-state index < -0.39 is 0 Å². The molecule has 6 nitrogen and oxygen atoms in total. The highest BCUT2D eigenvalue weighted by atomic mass is 35.5. The lowest BCUT2D eigenvalue weighted by Crippen LogP contribution is -2.48. The Morgan fingerprint density at radius 1 is 0.941 bits per heavy atom. The van der Waals surface area contributed by atoms with Gasteiger partial charge >= 0.3 is 6.03 Å². The van der Waals surface area contributed by atoms with Crippen molar-refractivity contribution in [2.75, 3.05) is 32.7 Å². The molecule has 0 aliphatic carbocycles. The maximum Gasteiger partial charge on any atom is 0.319 e. The molecule has 2 aliphatic rings. The largest absolute Gasteiger partial charge is 0.361 e. The number of likely N-dealkylation sites (tertiary alicyclic amines) is 2. The summed E-state index contributed by atoms with van der Waals surface area (Å²) in [7, 11) is 0. The van der Waals surface area contributed by atoms with E-state index in [4.69, 9.17) is 11.6 Å². The highest BCUT2D eigenvalue weighted by Crippen LogP contribution is 2.34. The minimum absolute atomic E-state index is 0.0603. The fourth-order valence-corrected chi connectivity index (χ4v) is 5.58. The average molecular weight is 479 g/mol. The minimum Gasteiger partial charge on any atom is -0.361 e. The summed E-state index contributed by atoms with van der Waals surface area (Å²) in [5.74, 6) is -0.0757. The molecule has 0 radical (unpaired) electrons. The zero-order chi connectivity index (χ0) is 23.5. The topological polar surface area (TPSA) is 68.4 Å². The molecule has 2 aliphatic heterocycles. The molecule has 1 aromatic heterocycles. The molecule has 3 amide bonds. The van der Waals surface area contributed by atoms with Crippen LogP contribution in [0.15, 0.2) is 54.7 Å². The molecule has 178 valence electrons. The number of rotatable bonds is 5. The van der Waals surface area contributed by atoms with Gasteiger partial charge in [-0.1, -0.05) is 48.0 Å². The number of nitrogens with zero attached hydrogens (tertiary/aromatic N) is 2. The number of hydrogen-bond donors (Lipinski definition) is 2. The molecule has 3 aromatic rings. The highest BCUT2D eigenvalue weighted by molar-refractivity contribution is 6.31. The lowest BCUT2D eigenvalue weighted by Gasteiger charge is -2.34. The summed E-state index contributed by atoms with van der Waals surface area (Å²) in [6.07, 6.45) is 5.61. The minimum atomic E-state index is -0.0718. The van der Waals surface area contributed by atoms with Gasteiger partial charge in [0.2, 0.25) is 5.91 Å². The van der Waals surface area contributed by atoms with Gasteiger partial charge in [0, 0.05) is 66.7 Å². The smallest absolute Gasteiger partial charge is 0.319 e. The Hall–Kier alpha value is -2.99. The van der Waals surface area contributed by atoms with E-state index in [0.717, 1.165) is 48.0 Å². The molecular weight excluding hydrogens is 448 g/mol. The first-order valence-electron chi connectivity index (χ1n) is 12.2. The van der Waals surface area contributed by atoms with Gasteiger partial charge in [-0.05, 0) is 48.9 Å². The predicted octanol–water partition coefficient (Wildman–Crippen LogP) is 5.00. The summed E-state index contributed by atoms with van der Waals surface area (Å²) in [6, 6.07) is 16.2. The van der Waals surface area contributed by atoms with Gasteiger partial charge in [0.25, 0.3) is 0 Å². The first-order valence-corrected chi connectivity index (χ1v) is 12.6. The van der Waals surface area contributed by atoms with Gasteiger partial charge in [0.05, 0.1) is 0 Å². The second kappa shape index (κ2) is 10.1. The molecule has 3 heterocycles. The number of carbonyl (C=O) groups is 2. The highest BCUT2D eigenvalue weighted by Gasteiger charge is 2.31. The van der Waals surface area contributed by atoms with Crippen molar-refractivity contribution < 1.29 is 9.59 Å². The van der Waals surface area contributed by atoms with Crippen LogP contribution in [0.4, 0.5) is 4.79 Å². The maximum atomic E-state index is 13.1. The first kappa shape index (κ1) is 22.8. The molecular formula is C27H31ClN4O2. The number of fused-ring (bicyclic) bond motifs is 1. The van der Waals surface area contributed by atoms with E-state index in [2.05, 4.69) is 22.4 Å². The quantitative estimate of drug-likeness (QED) is 0.542. The zero-order valence-corrected chi connectivity index (χ0v) is 20.1. The number of aromatic nitrogens is 1. The lowest BCUT2D eigenvalue weighted by molar-refractivity contribution is -0.126. The van der Waals surface area contributed by atoms with Crippen molar-refractivity contribution in [3.8, 4) is 0 Å². The number of amides is 3. The van der Waals surface area contributed by atoms with Crippen molar-refractivity contribution in [2.24, 2.45) is 5.92 Å². The fraction of sp³-hybridized carbons (Fsp3) is 0.407. The normalized spacial score (nSPS) is 17.8. The number of H-pyrrole nitrogens is 1. The molecule has 1 unspecified atom stereocenters. The Morgan fingerprint density at radius 3 is 2.38 bits per heavy atom. The third-order valence-corrected chi connectivity index (χ3v) is 7.61. The van der Waals surface area contributed by atoms with Gasteiger partial charge in [-0.2, -0.15) is 0 Å². The van der Waals surface area contributed by atoms with Crippen LogP contribution in [0.3, 0.4) is 0 Å². The van der Waals surface area contributed by atoms with Crippen LogP contribution in [-0.2, 0) is 4.79 Å². The molecule has 1 atom stereocenters. The summed E-state index contributed by atoms with van der Waals surface area (Å²) in [5, 5.41) is 5.03. The number of urea groups is 1. The molecule has 2 N–H and O–H groups in total. The van der Waals surface area contributed by atoms with Crippen LogP contribution in [0.2, 0.25) is 5.02 Å². The first-order chi connectivity index (χ1) is 16.6. The van der Waals surface area contributed by atoms with Gasteiger partial charge in [-0.15, -0.1) is 0 Å². The van der Waals surface area contributed by atoms with Crippen molar-refractivity contribution in [3.05, 3.63) is 70.9 Å².